The lowest BCUT2D eigenvalue weighted by Gasteiger charge is -1.94. The number of nitrogens with zero attached hydrogens (tertiary/aromatic N) is 2. The molecule has 2 aromatic heterocycles. The first-order valence-electron chi connectivity index (χ1n) is 3.15. The molecule has 11 heavy (non-hydrogen) atoms. The Morgan fingerprint density at radius 3 is 3.09 bits per heavy atom. The zero-order valence-corrected chi connectivity index (χ0v) is 7.41. The molecule has 0 saturated carbocycles. The second-order valence-electron chi connectivity index (χ2n) is 2.23. The molecular formula is C7H5ClN2S. The van der Waals surface area contributed by atoms with Crippen LogP contribution in [0, 0.1) is 6.92 Å². The van der Waals surface area contributed by atoms with E-state index in [0.717, 1.165) is 20.9 Å². The normalized spacial score (nSPS) is 10.7. The van der Waals surface area contributed by atoms with E-state index in [1.165, 1.54) is 0 Å². The predicted molar refractivity (Wildman–Crippen MR) is 47.2 cm³/mol. The van der Waals surface area contributed by atoms with E-state index in [1.807, 2.05) is 18.4 Å². The van der Waals surface area contributed by atoms with Gasteiger partial charge in [0.1, 0.15) is 5.52 Å². The van der Waals surface area contributed by atoms with Gasteiger partial charge in [0.2, 0.25) is 0 Å². The highest BCUT2D eigenvalue weighted by Gasteiger charge is 2.04. The average Bonchev–Trinajstić information content (AvgIpc) is 2.45. The highest BCUT2D eigenvalue weighted by Crippen LogP contribution is 2.27. The van der Waals surface area contributed by atoms with E-state index in [4.69, 9.17) is 11.6 Å². The fraction of sp³-hybridized carbons (Fsp3) is 0.143. The number of halogens is 1. The lowest BCUT2D eigenvalue weighted by molar-refractivity contribution is 1.02. The highest BCUT2D eigenvalue weighted by molar-refractivity contribution is 7.17. The molecule has 0 aliphatic carbocycles. The number of hydrogen-bond donors (Lipinski definition) is 0. The van der Waals surface area contributed by atoms with Crippen LogP contribution in [0.4, 0.5) is 0 Å². The number of aromatic nitrogens is 2. The molecule has 0 unspecified atom stereocenters. The van der Waals surface area contributed by atoms with Crippen molar-refractivity contribution >= 4 is 33.2 Å². The van der Waals surface area contributed by atoms with Gasteiger partial charge in [-0.1, -0.05) is 11.6 Å². The maximum atomic E-state index is 5.98. The summed E-state index contributed by atoms with van der Waals surface area (Å²) in [6.07, 6.45) is 0. The molecule has 0 saturated heterocycles. The molecule has 0 aromatic carbocycles. The van der Waals surface area contributed by atoms with Crippen LogP contribution in [0.15, 0.2) is 11.4 Å². The van der Waals surface area contributed by atoms with Gasteiger partial charge in [-0.05, 0) is 18.4 Å². The number of rotatable bonds is 0. The summed E-state index contributed by atoms with van der Waals surface area (Å²) in [6, 6.07) is 1.92. The van der Waals surface area contributed by atoms with Crippen molar-refractivity contribution in [3.63, 3.8) is 0 Å². The van der Waals surface area contributed by atoms with Crippen LogP contribution in [-0.2, 0) is 0 Å². The van der Waals surface area contributed by atoms with E-state index in [9.17, 15) is 0 Å². The lowest BCUT2D eigenvalue weighted by atomic mass is 10.4. The van der Waals surface area contributed by atoms with Gasteiger partial charge < -0.3 is 0 Å². The minimum atomic E-state index is 0.727. The molecule has 56 valence electrons. The van der Waals surface area contributed by atoms with Crippen molar-refractivity contribution in [1.29, 1.82) is 0 Å². The summed E-state index contributed by atoms with van der Waals surface area (Å²) < 4.78 is 1.03. The van der Waals surface area contributed by atoms with E-state index in [1.54, 1.807) is 11.3 Å². The van der Waals surface area contributed by atoms with Crippen LogP contribution in [0.2, 0.25) is 5.02 Å². The summed E-state index contributed by atoms with van der Waals surface area (Å²) >= 11 is 7.57. The zero-order chi connectivity index (χ0) is 7.84. The third-order valence-corrected chi connectivity index (χ3v) is 2.96. The molecule has 0 fully saturated rings. The van der Waals surface area contributed by atoms with Gasteiger partial charge in [0.05, 0.1) is 15.4 Å². The van der Waals surface area contributed by atoms with E-state index >= 15 is 0 Å². The molecule has 2 nitrogen and oxygen atoms in total. The topological polar surface area (TPSA) is 25.8 Å². The molecule has 0 aliphatic rings. The lowest BCUT2D eigenvalue weighted by Crippen LogP contribution is -1.86. The molecule has 2 aromatic rings. The van der Waals surface area contributed by atoms with Gasteiger partial charge in [0, 0.05) is 0 Å². The first kappa shape index (κ1) is 7.00. The summed E-state index contributed by atoms with van der Waals surface area (Å²) in [5.41, 5.74) is 1.67. The molecule has 4 heteroatoms. The van der Waals surface area contributed by atoms with Crippen molar-refractivity contribution in [3.8, 4) is 0 Å². The Hall–Kier alpha value is -0.670. The second-order valence-corrected chi connectivity index (χ2v) is 3.53. The average molecular weight is 185 g/mol. The number of thiophene rings is 1. The Labute approximate surface area is 72.8 Å². The number of aryl methyl sites for hydroxylation is 1. The van der Waals surface area contributed by atoms with Crippen molar-refractivity contribution in [2.24, 2.45) is 0 Å². The minimum Gasteiger partial charge on any atom is -0.154 e. The van der Waals surface area contributed by atoms with E-state index < -0.39 is 0 Å². The van der Waals surface area contributed by atoms with Gasteiger partial charge in [-0.25, -0.2) is 0 Å². The van der Waals surface area contributed by atoms with Crippen LogP contribution in [0.5, 0.6) is 0 Å². The van der Waals surface area contributed by atoms with Crippen LogP contribution in [0.1, 0.15) is 5.69 Å². The van der Waals surface area contributed by atoms with E-state index in [-0.39, 0.29) is 0 Å². The quantitative estimate of drug-likeness (QED) is 0.629. The highest BCUT2D eigenvalue weighted by atomic mass is 35.5. The summed E-state index contributed by atoms with van der Waals surface area (Å²) in [5.74, 6) is 0. The van der Waals surface area contributed by atoms with Crippen LogP contribution < -0.4 is 0 Å². The van der Waals surface area contributed by atoms with Gasteiger partial charge in [-0.15, -0.1) is 16.4 Å². The van der Waals surface area contributed by atoms with Crippen molar-refractivity contribution in [1.82, 2.24) is 10.2 Å². The summed E-state index contributed by atoms with van der Waals surface area (Å²) in [4.78, 5) is 0. The molecular weight excluding hydrogens is 180 g/mol. The summed E-state index contributed by atoms with van der Waals surface area (Å²) in [5, 5.41) is 10.6. The maximum Gasteiger partial charge on any atom is 0.105 e. The number of hydrogen-bond acceptors (Lipinski definition) is 3. The number of fused-ring (bicyclic) bond motifs is 1. The first-order chi connectivity index (χ1) is 5.29. The van der Waals surface area contributed by atoms with Crippen LogP contribution in [0.25, 0.3) is 10.2 Å². The Morgan fingerprint density at radius 1 is 1.45 bits per heavy atom. The molecule has 2 heterocycles. The van der Waals surface area contributed by atoms with Gasteiger partial charge in [0.15, 0.2) is 0 Å². The van der Waals surface area contributed by atoms with Crippen LogP contribution in [0.3, 0.4) is 0 Å². The minimum absolute atomic E-state index is 0.727. The molecule has 0 aliphatic heterocycles. The zero-order valence-electron chi connectivity index (χ0n) is 5.84. The van der Waals surface area contributed by atoms with Crippen molar-refractivity contribution in [3.05, 3.63) is 22.2 Å². The molecule has 0 amide bonds. The van der Waals surface area contributed by atoms with Gasteiger partial charge in [-0.2, -0.15) is 5.10 Å². The van der Waals surface area contributed by atoms with Crippen molar-refractivity contribution in [2.75, 3.05) is 0 Å². The first-order valence-corrected chi connectivity index (χ1v) is 4.41. The largest absolute Gasteiger partial charge is 0.154 e. The van der Waals surface area contributed by atoms with Gasteiger partial charge in [-0.3, -0.25) is 0 Å². The Bertz CT molecular complexity index is 396. The molecule has 0 spiro atoms. The molecule has 2 rings (SSSR count). The van der Waals surface area contributed by atoms with Crippen molar-refractivity contribution < 1.29 is 0 Å². The Kier molecular flexibility index (Phi) is 1.55. The van der Waals surface area contributed by atoms with E-state index in [2.05, 4.69) is 10.2 Å². The molecule has 0 N–H and O–H groups in total. The van der Waals surface area contributed by atoms with E-state index in [0.29, 0.717) is 0 Å². The third-order valence-electron chi connectivity index (χ3n) is 1.47. The van der Waals surface area contributed by atoms with Crippen LogP contribution in [-0.4, -0.2) is 10.2 Å². The maximum absolute atomic E-state index is 5.98. The Morgan fingerprint density at radius 2 is 2.27 bits per heavy atom. The van der Waals surface area contributed by atoms with Crippen LogP contribution >= 0.6 is 22.9 Å². The predicted octanol–water partition coefficient (Wildman–Crippen LogP) is 2.65. The third kappa shape index (κ3) is 1.01. The second kappa shape index (κ2) is 2.43. The SMILES string of the molecule is Cc1nnc2ccsc2c1Cl. The molecule has 0 bridgehead atoms. The smallest absolute Gasteiger partial charge is 0.105 e. The van der Waals surface area contributed by atoms with Crippen molar-refractivity contribution in [2.45, 2.75) is 6.92 Å². The fourth-order valence-corrected chi connectivity index (χ4v) is 1.96. The Balaban J connectivity index is 2.93. The summed E-state index contributed by atoms with van der Waals surface area (Å²) in [6.45, 7) is 1.86. The monoisotopic (exact) mass is 184 g/mol. The summed E-state index contributed by atoms with van der Waals surface area (Å²) in [7, 11) is 0. The standard InChI is InChI=1S/C7H5ClN2S/c1-4-6(8)7-5(10-9-4)2-3-11-7/h2-3H,1H3. The van der Waals surface area contributed by atoms with Gasteiger partial charge in [0.25, 0.3) is 0 Å². The molecule has 0 atom stereocenters. The fourth-order valence-electron chi connectivity index (χ4n) is 0.883. The van der Waals surface area contributed by atoms with Gasteiger partial charge >= 0.3 is 0 Å². The molecule has 0 radical (unpaired) electrons.